The first-order chi connectivity index (χ1) is 9.16. The first-order valence-corrected chi connectivity index (χ1v) is 7.05. The van der Waals surface area contributed by atoms with Gasteiger partial charge >= 0.3 is 0 Å². The van der Waals surface area contributed by atoms with Gasteiger partial charge in [-0.2, -0.15) is 0 Å². The minimum atomic E-state index is 0.539. The number of pyridine rings is 1. The summed E-state index contributed by atoms with van der Waals surface area (Å²) in [4.78, 5) is 4.13. The van der Waals surface area contributed by atoms with Gasteiger partial charge in [0.15, 0.2) is 0 Å². The molecule has 1 aliphatic rings. The molecule has 1 aromatic heterocycles. The summed E-state index contributed by atoms with van der Waals surface area (Å²) < 4.78 is 0. The van der Waals surface area contributed by atoms with Crippen LogP contribution in [0.15, 0.2) is 30.6 Å². The highest BCUT2D eigenvalue weighted by molar-refractivity contribution is 5.98. The van der Waals surface area contributed by atoms with Crippen LogP contribution in [0.4, 0.5) is 11.4 Å². The van der Waals surface area contributed by atoms with Crippen molar-refractivity contribution in [3.05, 3.63) is 30.6 Å². The molecule has 0 saturated heterocycles. The van der Waals surface area contributed by atoms with E-state index >= 15 is 0 Å². The van der Waals surface area contributed by atoms with Gasteiger partial charge in [0, 0.05) is 29.2 Å². The second-order valence-electron chi connectivity index (χ2n) is 5.79. The van der Waals surface area contributed by atoms with Gasteiger partial charge in [0.25, 0.3) is 0 Å². The molecule has 0 radical (unpaired) electrons. The van der Waals surface area contributed by atoms with Crippen LogP contribution < -0.4 is 11.1 Å². The molecule has 3 rings (SSSR count). The fraction of sp³-hybridized carbons (Fsp3) is 0.438. The molecule has 3 unspecified atom stereocenters. The third kappa shape index (κ3) is 2.14. The maximum atomic E-state index is 6.29. The van der Waals surface area contributed by atoms with Gasteiger partial charge in [-0.25, -0.2) is 0 Å². The lowest BCUT2D eigenvalue weighted by molar-refractivity contribution is 0.435. The van der Waals surface area contributed by atoms with E-state index in [1.165, 1.54) is 12.8 Å². The highest BCUT2D eigenvalue weighted by Gasteiger charge is 2.29. The Balaban J connectivity index is 1.91. The van der Waals surface area contributed by atoms with E-state index in [9.17, 15) is 0 Å². The van der Waals surface area contributed by atoms with E-state index < -0.39 is 0 Å². The molecule has 2 aromatic rings. The van der Waals surface area contributed by atoms with Crippen LogP contribution in [-0.4, -0.2) is 11.0 Å². The Labute approximate surface area is 114 Å². The Morgan fingerprint density at radius 3 is 2.79 bits per heavy atom. The maximum Gasteiger partial charge on any atom is 0.0630 e. The Bertz CT molecular complexity index is 594. The molecule has 1 fully saturated rings. The van der Waals surface area contributed by atoms with Gasteiger partial charge in [0.05, 0.1) is 11.4 Å². The number of nitrogens with two attached hydrogens (primary N) is 1. The topological polar surface area (TPSA) is 50.9 Å². The van der Waals surface area contributed by atoms with Crippen molar-refractivity contribution in [2.75, 3.05) is 11.1 Å². The highest BCUT2D eigenvalue weighted by atomic mass is 15.0. The molecule has 0 amide bonds. The number of nitrogens with one attached hydrogen (secondary N) is 1. The number of benzene rings is 1. The zero-order valence-electron chi connectivity index (χ0n) is 11.6. The average Bonchev–Trinajstić information content (AvgIpc) is 2.74. The normalized spacial score (nSPS) is 26.7. The fourth-order valence-corrected chi connectivity index (χ4v) is 3.09. The molecular formula is C16H21N3. The van der Waals surface area contributed by atoms with E-state index in [2.05, 4.69) is 36.3 Å². The molecule has 1 aromatic carbocycles. The lowest BCUT2D eigenvalue weighted by atomic mass is 9.97. The van der Waals surface area contributed by atoms with Gasteiger partial charge in [-0.3, -0.25) is 4.98 Å². The summed E-state index contributed by atoms with van der Waals surface area (Å²) in [5.74, 6) is 1.50. The number of aromatic nitrogens is 1. The predicted octanol–water partition coefficient (Wildman–Crippen LogP) is 3.66. The zero-order valence-corrected chi connectivity index (χ0v) is 11.6. The Kier molecular flexibility index (Phi) is 3.05. The molecule has 19 heavy (non-hydrogen) atoms. The fourth-order valence-electron chi connectivity index (χ4n) is 3.09. The highest BCUT2D eigenvalue weighted by Crippen LogP contribution is 2.36. The summed E-state index contributed by atoms with van der Waals surface area (Å²) in [7, 11) is 0. The summed E-state index contributed by atoms with van der Waals surface area (Å²) in [5.41, 5.74) is 8.19. The molecule has 0 aliphatic heterocycles. The molecule has 3 nitrogen and oxygen atoms in total. The van der Waals surface area contributed by atoms with Gasteiger partial charge in [0.2, 0.25) is 0 Å². The van der Waals surface area contributed by atoms with Crippen LogP contribution >= 0.6 is 0 Å². The van der Waals surface area contributed by atoms with Gasteiger partial charge in [-0.1, -0.05) is 19.9 Å². The third-order valence-electron chi connectivity index (χ3n) is 4.67. The van der Waals surface area contributed by atoms with Crippen molar-refractivity contribution in [1.82, 2.24) is 4.98 Å². The molecule has 3 heteroatoms. The number of hydrogen-bond acceptors (Lipinski definition) is 3. The van der Waals surface area contributed by atoms with Crippen molar-refractivity contribution >= 4 is 22.1 Å². The Morgan fingerprint density at radius 2 is 2.05 bits per heavy atom. The second kappa shape index (κ2) is 4.72. The van der Waals surface area contributed by atoms with Crippen LogP contribution in [0.1, 0.15) is 26.7 Å². The minimum absolute atomic E-state index is 0.539. The number of fused-ring (bicyclic) bond motifs is 1. The summed E-state index contributed by atoms with van der Waals surface area (Å²) >= 11 is 0. The molecule has 1 saturated carbocycles. The molecule has 100 valence electrons. The van der Waals surface area contributed by atoms with E-state index in [0.29, 0.717) is 12.0 Å². The first kappa shape index (κ1) is 12.3. The molecule has 0 bridgehead atoms. The van der Waals surface area contributed by atoms with Gasteiger partial charge in [-0.05, 0) is 36.8 Å². The second-order valence-corrected chi connectivity index (χ2v) is 5.79. The molecule has 1 heterocycles. The van der Waals surface area contributed by atoms with Crippen molar-refractivity contribution in [1.29, 1.82) is 0 Å². The molecule has 1 aliphatic carbocycles. The number of nitrogens with zero attached hydrogens (tertiary/aromatic N) is 1. The smallest absolute Gasteiger partial charge is 0.0630 e. The van der Waals surface area contributed by atoms with Crippen LogP contribution in [0.5, 0.6) is 0 Å². The van der Waals surface area contributed by atoms with Crippen LogP contribution in [0.3, 0.4) is 0 Å². The van der Waals surface area contributed by atoms with Gasteiger partial charge < -0.3 is 11.1 Å². The SMILES string of the molecule is CC1CCC(Nc2ccc3cnccc3c2N)C1C. The first-order valence-electron chi connectivity index (χ1n) is 7.05. The van der Waals surface area contributed by atoms with E-state index in [0.717, 1.165) is 28.1 Å². The zero-order chi connectivity index (χ0) is 13.4. The summed E-state index contributed by atoms with van der Waals surface area (Å²) in [6.07, 6.45) is 6.19. The van der Waals surface area contributed by atoms with Crippen molar-refractivity contribution < 1.29 is 0 Å². The summed E-state index contributed by atoms with van der Waals surface area (Å²) in [5, 5.41) is 5.81. The van der Waals surface area contributed by atoms with Crippen LogP contribution in [0.2, 0.25) is 0 Å². The largest absolute Gasteiger partial charge is 0.397 e. The minimum Gasteiger partial charge on any atom is -0.397 e. The van der Waals surface area contributed by atoms with E-state index in [-0.39, 0.29) is 0 Å². The molecule has 3 N–H and O–H groups in total. The van der Waals surface area contributed by atoms with Crippen LogP contribution in [-0.2, 0) is 0 Å². The molecule has 3 atom stereocenters. The predicted molar refractivity (Wildman–Crippen MR) is 81.1 cm³/mol. The molecule has 0 spiro atoms. The lowest BCUT2D eigenvalue weighted by Gasteiger charge is -2.22. The van der Waals surface area contributed by atoms with E-state index in [4.69, 9.17) is 5.73 Å². The Morgan fingerprint density at radius 1 is 1.21 bits per heavy atom. The lowest BCUT2D eigenvalue weighted by Crippen LogP contribution is -2.24. The standard InChI is InChI=1S/C16H21N3/c1-10-3-5-14(11(10)2)19-15-6-4-12-9-18-8-7-13(12)16(15)17/h4,6-11,14,19H,3,5,17H2,1-2H3. The number of hydrogen-bond donors (Lipinski definition) is 2. The van der Waals surface area contributed by atoms with Gasteiger partial charge in [0.1, 0.15) is 0 Å². The Hall–Kier alpha value is -1.77. The summed E-state index contributed by atoms with van der Waals surface area (Å²) in [6, 6.07) is 6.69. The maximum absolute atomic E-state index is 6.29. The average molecular weight is 255 g/mol. The van der Waals surface area contributed by atoms with Crippen LogP contribution in [0, 0.1) is 11.8 Å². The van der Waals surface area contributed by atoms with Crippen molar-refractivity contribution in [3.8, 4) is 0 Å². The van der Waals surface area contributed by atoms with E-state index in [1.807, 2.05) is 12.3 Å². The number of rotatable bonds is 2. The summed E-state index contributed by atoms with van der Waals surface area (Å²) in [6.45, 7) is 4.66. The van der Waals surface area contributed by atoms with E-state index in [1.54, 1.807) is 6.20 Å². The molecular weight excluding hydrogens is 234 g/mol. The van der Waals surface area contributed by atoms with Crippen molar-refractivity contribution in [2.24, 2.45) is 11.8 Å². The third-order valence-corrected chi connectivity index (χ3v) is 4.67. The number of nitrogen functional groups attached to an aromatic ring is 1. The van der Waals surface area contributed by atoms with Gasteiger partial charge in [-0.15, -0.1) is 0 Å². The van der Waals surface area contributed by atoms with Crippen molar-refractivity contribution in [2.45, 2.75) is 32.7 Å². The quantitative estimate of drug-likeness (QED) is 0.805. The monoisotopic (exact) mass is 255 g/mol. The van der Waals surface area contributed by atoms with Crippen LogP contribution in [0.25, 0.3) is 10.8 Å². The number of anilines is 2. The van der Waals surface area contributed by atoms with Crippen molar-refractivity contribution in [3.63, 3.8) is 0 Å².